The second-order valence-electron chi connectivity index (χ2n) is 5.54. The summed E-state index contributed by atoms with van der Waals surface area (Å²) in [5.41, 5.74) is 1.92. The third-order valence-electron chi connectivity index (χ3n) is 3.71. The van der Waals surface area contributed by atoms with Crippen LogP contribution < -0.4 is 10.6 Å². The van der Waals surface area contributed by atoms with Crippen LogP contribution in [0.4, 0.5) is 5.69 Å². The maximum absolute atomic E-state index is 6.25. The first kappa shape index (κ1) is 15.5. The molecule has 1 fully saturated rings. The SMILES string of the molecule is Cc1cccc(NC(=S)NC[C@H]2CCCN(C)C2)c1Cl. The average Bonchev–Trinajstić information content (AvgIpc) is 2.42. The van der Waals surface area contributed by atoms with Crippen LogP contribution in [0.2, 0.25) is 5.02 Å². The maximum atomic E-state index is 6.25. The van der Waals surface area contributed by atoms with Crippen molar-refractivity contribution >= 4 is 34.6 Å². The van der Waals surface area contributed by atoms with E-state index in [0.717, 1.165) is 29.4 Å². The third-order valence-corrected chi connectivity index (χ3v) is 4.46. The Bertz CT molecular complexity index is 478. The number of likely N-dealkylation sites (tertiary alicyclic amines) is 1. The van der Waals surface area contributed by atoms with Gasteiger partial charge >= 0.3 is 0 Å². The minimum Gasteiger partial charge on any atom is -0.362 e. The van der Waals surface area contributed by atoms with E-state index in [4.69, 9.17) is 23.8 Å². The molecule has 2 rings (SSSR count). The number of piperidine rings is 1. The first-order valence-electron chi connectivity index (χ1n) is 7.05. The van der Waals surface area contributed by atoms with Crippen LogP contribution in [0.3, 0.4) is 0 Å². The van der Waals surface area contributed by atoms with Gasteiger partial charge in [0.1, 0.15) is 0 Å². The fraction of sp³-hybridized carbons (Fsp3) is 0.533. The lowest BCUT2D eigenvalue weighted by atomic mass is 9.99. The standard InChI is InChI=1S/C15H22ClN3S/c1-11-5-3-7-13(14(11)16)18-15(20)17-9-12-6-4-8-19(2)10-12/h3,5,7,12H,4,6,8-10H2,1-2H3,(H2,17,18,20)/t12-/m1/s1. The number of hydrogen-bond acceptors (Lipinski definition) is 2. The highest BCUT2D eigenvalue weighted by Gasteiger charge is 2.17. The van der Waals surface area contributed by atoms with Crippen LogP contribution in [0.15, 0.2) is 18.2 Å². The maximum Gasteiger partial charge on any atom is 0.170 e. The van der Waals surface area contributed by atoms with E-state index in [1.165, 1.54) is 19.4 Å². The number of halogens is 1. The molecular formula is C15H22ClN3S. The molecule has 0 saturated carbocycles. The summed E-state index contributed by atoms with van der Waals surface area (Å²) < 4.78 is 0. The molecule has 0 amide bonds. The summed E-state index contributed by atoms with van der Waals surface area (Å²) in [4.78, 5) is 2.38. The van der Waals surface area contributed by atoms with Gasteiger partial charge in [0.25, 0.3) is 0 Å². The highest BCUT2D eigenvalue weighted by molar-refractivity contribution is 7.80. The van der Waals surface area contributed by atoms with Crippen molar-refractivity contribution in [1.82, 2.24) is 10.2 Å². The molecule has 0 spiro atoms. The summed E-state index contributed by atoms with van der Waals surface area (Å²) >= 11 is 11.6. The van der Waals surface area contributed by atoms with Gasteiger partial charge < -0.3 is 15.5 Å². The summed E-state index contributed by atoms with van der Waals surface area (Å²) in [6.45, 7) is 5.25. The van der Waals surface area contributed by atoms with Crippen molar-refractivity contribution in [2.45, 2.75) is 19.8 Å². The smallest absolute Gasteiger partial charge is 0.170 e. The number of nitrogens with zero attached hydrogens (tertiary/aromatic N) is 1. The number of anilines is 1. The molecular weight excluding hydrogens is 290 g/mol. The highest BCUT2D eigenvalue weighted by Crippen LogP contribution is 2.24. The van der Waals surface area contributed by atoms with E-state index in [-0.39, 0.29) is 0 Å². The third kappa shape index (κ3) is 4.33. The van der Waals surface area contributed by atoms with Gasteiger partial charge in [-0.3, -0.25) is 0 Å². The molecule has 0 aromatic heterocycles. The lowest BCUT2D eigenvalue weighted by Gasteiger charge is -2.30. The number of rotatable bonds is 3. The van der Waals surface area contributed by atoms with Crippen molar-refractivity contribution in [3.63, 3.8) is 0 Å². The predicted octanol–water partition coefficient (Wildman–Crippen LogP) is 3.28. The molecule has 0 bridgehead atoms. The minimum absolute atomic E-state index is 0.644. The van der Waals surface area contributed by atoms with E-state index < -0.39 is 0 Å². The lowest BCUT2D eigenvalue weighted by Crippen LogP contribution is -2.40. The highest BCUT2D eigenvalue weighted by atomic mass is 35.5. The summed E-state index contributed by atoms with van der Waals surface area (Å²) in [5.74, 6) is 0.668. The Hall–Kier alpha value is -0.840. The van der Waals surface area contributed by atoms with Crippen molar-refractivity contribution in [3.05, 3.63) is 28.8 Å². The van der Waals surface area contributed by atoms with Crippen molar-refractivity contribution < 1.29 is 0 Å². The minimum atomic E-state index is 0.644. The van der Waals surface area contributed by atoms with Crippen LogP contribution in [0.25, 0.3) is 0 Å². The van der Waals surface area contributed by atoms with E-state index in [9.17, 15) is 0 Å². The van der Waals surface area contributed by atoms with E-state index in [0.29, 0.717) is 11.0 Å². The monoisotopic (exact) mass is 311 g/mol. The lowest BCUT2D eigenvalue weighted by molar-refractivity contribution is 0.211. The molecule has 1 aromatic carbocycles. The van der Waals surface area contributed by atoms with Crippen LogP contribution in [0.1, 0.15) is 18.4 Å². The number of benzene rings is 1. The average molecular weight is 312 g/mol. The van der Waals surface area contributed by atoms with Crippen molar-refractivity contribution in [2.75, 3.05) is 32.0 Å². The van der Waals surface area contributed by atoms with Gasteiger partial charge in [-0.25, -0.2) is 0 Å². The normalized spacial score (nSPS) is 19.6. The molecule has 2 N–H and O–H groups in total. The summed E-state index contributed by atoms with van der Waals surface area (Å²) in [7, 11) is 2.18. The number of aryl methyl sites for hydroxylation is 1. The quantitative estimate of drug-likeness (QED) is 0.838. The second kappa shape index (κ2) is 7.25. The van der Waals surface area contributed by atoms with E-state index >= 15 is 0 Å². The van der Waals surface area contributed by atoms with Crippen molar-refractivity contribution in [1.29, 1.82) is 0 Å². The molecule has 1 atom stereocenters. The molecule has 110 valence electrons. The van der Waals surface area contributed by atoms with E-state index in [2.05, 4.69) is 22.6 Å². The van der Waals surface area contributed by atoms with Crippen molar-refractivity contribution in [2.24, 2.45) is 5.92 Å². The van der Waals surface area contributed by atoms with Gasteiger partial charge in [-0.05, 0) is 63.1 Å². The fourth-order valence-corrected chi connectivity index (χ4v) is 2.95. The Kier molecular flexibility index (Phi) is 5.64. The van der Waals surface area contributed by atoms with E-state index in [1.807, 2.05) is 25.1 Å². The summed E-state index contributed by atoms with van der Waals surface area (Å²) in [6, 6.07) is 5.90. The Balaban J connectivity index is 1.82. The van der Waals surface area contributed by atoms with Crippen LogP contribution in [-0.4, -0.2) is 36.7 Å². The zero-order valence-corrected chi connectivity index (χ0v) is 13.7. The van der Waals surface area contributed by atoms with Gasteiger partial charge in [0.05, 0.1) is 10.7 Å². The van der Waals surface area contributed by atoms with Crippen LogP contribution in [0.5, 0.6) is 0 Å². The molecule has 1 aliphatic rings. The molecule has 1 saturated heterocycles. The van der Waals surface area contributed by atoms with E-state index in [1.54, 1.807) is 0 Å². The molecule has 0 unspecified atom stereocenters. The largest absolute Gasteiger partial charge is 0.362 e. The van der Waals surface area contributed by atoms with Gasteiger partial charge in [0.2, 0.25) is 0 Å². The predicted molar refractivity (Wildman–Crippen MR) is 90.6 cm³/mol. The fourth-order valence-electron chi connectivity index (χ4n) is 2.59. The van der Waals surface area contributed by atoms with Crippen molar-refractivity contribution in [3.8, 4) is 0 Å². The number of thiocarbonyl (C=S) groups is 1. The summed E-state index contributed by atoms with van der Waals surface area (Å²) in [6.07, 6.45) is 2.54. The van der Waals surface area contributed by atoms with Gasteiger partial charge in [-0.2, -0.15) is 0 Å². The molecule has 5 heteroatoms. The topological polar surface area (TPSA) is 27.3 Å². The first-order valence-corrected chi connectivity index (χ1v) is 7.83. The second-order valence-corrected chi connectivity index (χ2v) is 6.33. The zero-order chi connectivity index (χ0) is 14.5. The van der Waals surface area contributed by atoms with Crippen LogP contribution in [-0.2, 0) is 0 Å². The van der Waals surface area contributed by atoms with Crippen LogP contribution >= 0.6 is 23.8 Å². The number of hydrogen-bond donors (Lipinski definition) is 2. The molecule has 3 nitrogen and oxygen atoms in total. The molecule has 1 aromatic rings. The molecule has 1 aliphatic heterocycles. The summed E-state index contributed by atoms with van der Waals surface area (Å²) in [5, 5.41) is 7.85. The Morgan fingerprint density at radius 1 is 1.50 bits per heavy atom. The first-order chi connectivity index (χ1) is 9.56. The van der Waals surface area contributed by atoms with Gasteiger partial charge in [-0.1, -0.05) is 23.7 Å². The Labute approximate surface area is 131 Å². The van der Waals surface area contributed by atoms with Gasteiger partial charge in [0, 0.05) is 13.1 Å². The molecule has 0 radical (unpaired) electrons. The molecule has 0 aliphatic carbocycles. The molecule has 20 heavy (non-hydrogen) atoms. The Morgan fingerprint density at radius 3 is 3.05 bits per heavy atom. The van der Waals surface area contributed by atoms with Gasteiger partial charge in [0.15, 0.2) is 5.11 Å². The van der Waals surface area contributed by atoms with Crippen LogP contribution in [0, 0.1) is 12.8 Å². The zero-order valence-electron chi connectivity index (χ0n) is 12.1. The molecule has 1 heterocycles. The van der Waals surface area contributed by atoms with Gasteiger partial charge in [-0.15, -0.1) is 0 Å². The Morgan fingerprint density at radius 2 is 2.30 bits per heavy atom. The number of nitrogens with one attached hydrogen (secondary N) is 2.